The molecule has 1 rings (SSSR count). The smallest absolute Gasteiger partial charge is 0.271 e. The monoisotopic (exact) mass is 362 g/mol. The van der Waals surface area contributed by atoms with E-state index in [0.29, 0.717) is 11.0 Å². The minimum atomic E-state index is -0.535. The number of aliphatic hydroxyl groups is 1. The molecule has 0 spiro atoms. The number of amides is 1. The van der Waals surface area contributed by atoms with Crippen LogP contribution in [0.1, 0.15) is 16.8 Å². The van der Waals surface area contributed by atoms with E-state index in [0.717, 1.165) is 17.9 Å². The Labute approximate surface area is 129 Å². The van der Waals surface area contributed by atoms with Gasteiger partial charge in [0, 0.05) is 41.1 Å². The summed E-state index contributed by atoms with van der Waals surface area (Å²) in [5, 5.41) is 22.0. The molecular formula is C12H15BrN2O4S. The lowest BCUT2D eigenvalue weighted by atomic mass is 10.2. The highest BCUT2D eigenvalue weighted by Gasteiger charge is 2.13. The molecule has 110 valence electrons. The highest BCUT2D eigenvalue weighted by Crippen LogP contribution is 2.21. The van der Waals surface area contributed by atoms with Gasteiger partial charge in [-0.1, -0.05) is 15.9 Å². The number of nitrogens with one attached hydrogen (secondary N) is 1. The van der Waals surface area contributed by atoms with Gasteiger partial charge in [-0.2, -0.15) is 11.8 Å². The van der Waals surface area contributed by atoms with Crippen molar-refractivity contribution in [1.82, 2.24) is 5.32 Å². The molecule has 0 bridgehead atoms. The molecule has 0 atom stereocenters. The summed E-state index contributed by atoms with van der Waals surface area (Å²) in [6, 6.07) is 4.14. The first-order valence-corrected chi connectivity index (χ1v) is 7.91. The number of nitro benzene ring substituents is 1. The zero-order valence-corrected chi connectivity index (χ0v) is 13.1. The average molecular weight is 363 g/mol. The van der Waals surface area contributed by atoms with Crippen LogP contribution in [0.3, 0.4) is 0 Å². The maximum Gasteiger partial charge on any atom is 0.271 e. The molecular weight excluding hydrogens is 348 g/mol. The molecule has 0 unspecified atom stereocenters. The maximum atomic E-state index is 11.9. The SMILES string of the molecule is O=C(NCCSCCCO)c1cc(Br)cc([N+](=O)[O-])c1. The number of hydrogen-bond acceptors (Lipinski definition) is 5. The Kier molecular flexibility index (Phi) is 7.56. The van der Waals surface area contributed by atoms with Crippen LogP contribution in [0.15, 0.2) is 22.7 Å². The number of carbonyl (C=O) groups excluding carboxylic acids is 1. The van der Waals surface area contributed by atoms with Gasteiger partial charge in [0.2, 0.25) is 0 Å². The lowest BCUT2D eigenvalue weighted by molar-refractivity contribution is -0.385. The molecule has 0 aliphatic rings. The fourth-order valence-corrected chi connectivity index (χ4v) is 2.68. The van der Waals surface area contributed by atoms with Gasteiger partial charge < -0.3 is 10.4 Å². The van der Waals surface area contributed by atoms with E-state index in [9.17, 15) is 14.9 Å². The number of benzene rings is 1. The lowest BCUT2D eigenvalue weighted by Crippen LogP contribution is -2.25. The number of nitrogens with zero attached hydrogens (tertiary/aromatic N) is 1. The van der Waals surface area contributed by atoms with Crippen molar-refractivity contribution in [2.24, 2.45) is 0 Å². The Hall–Kier alpha value is -1.12. The molecule has 0 aliphatic heterocycles. The predicted molar refractivity (Wildman–Crippen MR) is 82.2 cm³/mol. The van der Waals surface area contributed by atoms with Crippen LogP contribution in [0.25, 0.3) is 0 Å². The summed E-state index contributed by atoms with van der Waals surface area (Å²) in [4.78, 5) is 22.0. The molecule has 0 saturated carbocycles. The number of aliphatic hydroxyl groups excluding tert-OH is 1. The van der Waals surface area contributed by atoms with Crippen LogP contribution >= 0.6 is 27.7 Å². The van der Waals surface area contributed by atoms with Crippen molar-refractivity contribution in [1.29, 1.82) is 0 Å². The standard InChI is InChI=1S/C12H15BrN2O4S/c13-10-6-9(7-11(8-10)15(18)19)12(17)14-2-5-20-4-1-3-16/h6-8,16H,1-5H2,(H,14,17). The maximum absolute atomic E-state index is 11.9. The quantitative estimate of drug-likeness (QED) is 0.420. The van der Waals surface area contributed by atoms with Crippen LogP contribution in [0.4, 0.5) is 5.69 Å². The Morgan fingerprint density at radius 1 is 1.40 bits per heavy atom. The Morgan fingerprint density at radius 2 is 2.15 bits per heavy atom. The molecule has 0 aliphatic carbocycles. The molecule has 0 saturated heterocycles. The third-order valence-electron chi connectivity index (χ3n) is 2.33. The van der Waals surface area contributed by atoms with Gasteiger partial charge in [0.05, 0.1) is 4.92 Å². The fraction of sp³-hybridized carbons (Fsp3) is 0.417. The molecule has 2 N–H and O–H groups in total. The summed E-state index contributed by atoms with van der Waals surface area (Å²) in [7, 11) is 0. The van der Waals surface area contributed by atoms with E-state index in [-0.39, 0.29) is 23.8 Å². The van der Waals surface area contributed by atoms with E-state index in [1.54, 1.807) is 17.8 Å². The molecule has 1 aromatic carbocycles. The minimum Gasteiger partial charge on any atom is -0.396 e. The fourth-order valence-electron chi connectivity index (χ4n) is 1.42. The van der Waals surface area contributed by atoms with E-state index in [4.69, 9.17) is 5.11 Å². The molecule has 1 aromatic rings. The first-order chi connectivity index (χ1) is 9.54. The normalized spacial score (nSPS) is 10.3. The van der Waals surface area contributed by atoms with Crippen molar-refractivity contribution in [2.75, 3.05) is 24.7 Å². The van der Waals surface area contributed by atoms with Gasteiger partial charge in [-0.05, 0) is 18.2 Å². The van der Waals surface area contributed by atoms with Crippen molar-refractivity contribution in [3.05, 3.63) is 38.3 Å². The van der Waals surface area contributed by atoms with Crippen molar-refractivity contribution in [3.63, 3.8) is 0 Å². The van der Waals surface area contributed by atoms with Crippen LogP contribution in [0.2, 0.25) is 0 Å². The van der Waals surface area contributed by atoms with Gasteiger partial charge in [-0.15, -0.1) is 0 Å². The van der Waals surface area contributed by atoms with Crippen LogP contribution < -0.4 is 5.32 Å². The molecule has 6 nitrogen and oxygen atoms in total. The van der Waals surface area contributed by atoms with E-state index >= 15 is 0 Å². The number of halogens is 1. The number of nitro groups is 1. The number of non-ortho nitro benzene ring substituents is 1. The molecule has 0 heterocycles. The summed E-state index contributed by atoms with van der Waals surface area (Å²) >= 11 is 4.78. The van der Waals surface area contributed by atoms with Gasteiger partial charge >= 0.3 is 0 Å². The zero-order valence-electron chi connectivity index (χ0n) is 10.7. The van der Waals surface area contributed by atoms with Gasteiger partial charge in [0.1, 0.15) is 0 Å². The van der Waals surface area contributed by atoms with Crippen molar-refractivity contribution < 1.29 is 14.8 Å². The van der Waals surface area contributed by atoms with E-state index in [1.165, 1.54) is 12.1 Å². The first kappa shape index (κ1) is 16.9. The summed E-state index contributed by atoms with van der Waals surface area (Å²) < 4.78 is 0.495. The average Bonchev–Trinajstić information content (AvgIpc) is 2.41. The Balaban J connectivity index is 2.49. The second kappa shape index (κ2) is 8.93. The number of rotatable bonds is 8. The molecule has 0 fully saturated rings. The van der Waals surface area contributed by atoms with Crippen molar-refractivity contribution in [2.45, 2.75) is 6.42 Å². The van der Waals surface area contributed by atoms with Crippen LogP contribution in [-0.2, 0) is 0 Å². The van der Waals surface area contributed by atoms with Crippen LogP contribution in [0.5, 0.6) is 0 Å². The molecule has 1 amide bonds. The van der Waals surface area contributed by atoms with Crippen molar-refractivity contribution >= 4 is 39.3 Å². The molecule has 0 aromatic heterocycles. The number of hydrogen-bond donors (Lipinski definition) is 2. The zero-order chi connectivity index (χ0) is 15.0. The second-order valence-electron chi connectivity index (χ2n) is 3.90. The Bertz CT molecular complexity index is 485. The molecule has 8 heteroatoms. The van der Waals surface area contributed by atoms with Crippen LogP contribution in [0, 0.1) is 10.1 Å². The van der Waals surface area contributed by atoms with Gasteiger partial charge in [0.25, 0.3) is 11.6 Å². The van der Waals surface area contributed by atoms with Gasteiger partial charge in [0.15, 0.2) is 0 Å². The van der Waals surface area contributed by atoms with E-state index in [1.807, 2.05) is 0 Å². The van der Waals surface area contributed by atoms with Gasteiger partial charge in [-0.3, -0.25) is 14.9 Å². The van der Waals surface area contributed by atoms with Gasteiger partial charge in [-0.25, -0.2) is 0 Å². The largest absolute Gasteiger partial charge is 0.396 e. The van der Waals surface area contributed by atoms with Crippen LogP contribution in [-0.4, -0.2) is 40.6 Å². The summed E-state index contributed by atoms with van der Waals surface area (Å²) in [5.74, 6) is 1.24. The summed E-state index contributed by atoms with van der Waals surface area (Å²) in [5.41, 5.74) is 0.133. The topological polar surface area (TPSA) is 92.5 Å². The first-order valence-electron chi connectivity index (χ1n) is 5.96. The van der Waals surface area contributed by atoms with Crippen molar-refractivity contribution in [3.8, 4) is 0 Å². The Morgan fingerprint density at radius 3 is 2.80 bits per heavy atom. The third kappa shape index (κ3) is 5.89. The number of carbonyl (C=O) groups is 1. The minimum absolute atomic E-state index is 0.123. The number of thioether (sulfide) groups is 1. The predicted octanol–water partition coefficient (Wildman–Crippen LogP) is 2.20. The van der Waals surface area contributed by atoms with E-state index < -0.39 is 4.92 Å². The summed E-state index contributed by atoms with van der Waals surface area (Å²) in [6.07, 6.45) is 0.733. The highest BCUT2D eigenvalue weighted by molar-refractivity contribution is 9.10. The van der Waals surface area contributed by atoms with E-state index in [2.05, 4.69) is 21.2 Å². The second-order valence-corrected chi connectivity index (χ2v) is 6.04. The third-order valence-corrected chi connectivity index (χ3v) is 3.86. The molecule has 0 radical (unpaired) electrons. The lowest BCUT2D eigenvalue weighted by Gasteiger charge is -2.05. The highest BCUT2D eigenvalue weighted by atomic mass is 79.9. The molecule has 20 heavy (non-hydrogen) atoms. The summed E-state index contributed by atoms with van der Waals surface area (Å²) in [6.45, 7) is 0.649.